The summed E-state index contributed by atoms with van der Waals surface area (Å²) in [7, 11) is 0. The summed E-state index contributed by atoms with van der Waals surface area (Å²) in [6, 6.07) is 11.3. The molecule has 1 saturated heterocycles. The van der Waals surface area contributed by atoms with Crippen LogP contribution in [0.5, 0.6) is 0 Å². The van der Waals surface area contributed by atoms with E-state index in [9.17, 15) is 27.6 Å². The minimum atomic E-state index is -4.90. The van der Waals surface area contributed by atoms with Gasteiger partial charge in [0, 0.05) is 0 Å². The standard InChI is InChI=1S/C21H15F3N3O4/c1-3-31-19(30)27-18(29)26(17(28)20(27,2)14-7-5-4-6-8-14)15-10-9-13(12-25)16(11-15)21(22,23)24/h5-11H,3H2,1-2H3. The molecule has 1 atom stereocenters. The van der Waals surface area contributed by atoms with Crippen molar-refractivity contribution < 1.29 is 32.3 Å². The van der Waals surface area contributed by atoms with Gasteiger partial charge in [-0.05, 0) is 43.7 Å². The fourth-order valence-corrected chi connectivity index (χ4v) is 3.34. The molecule has 0 aromatic heterocycles. The van der Waals surface area contributed by atoms with Crippen molar-refractivity contribution in [3.05, 3.63) is 65.2 Å². The van der Waals surface area contributed by atoms with Crippen molar-refractivity contribution >= 4 is 23.7 Å². The Bertz CT molecular complexity index is 1100. The number of alkyl halides is 3. The summed E-state index contributed by atoms with van der Waals surface area (Å²) in [5.74, 6) is -0.949. The van der Waals surface area contributed by atoms with Crippen LogP contribution in [0.3, 0.4) is 0 Å². The molecule has 159 valence electrons. The van der Waals surface area contributed by atoms with Crippen LogP contribution in [0.2, 0.25) is 0 Å². The van der Waals surface area contributed by atoms with Gasteiger partial charge in [0.05, 0.1) is 29.5 Å². The molecule has 2 aromatic carbocycles. The molecule has 3 rings (SSSR count). The first-order valence-electron chi connectivity index (χ1n) is 9.00. The van der Waals surface area contributed by atoms with Gasteiger partial charge in [0.15, 0.2) is 5.54 Å². The number of anilines is 1. The zero-order valence-corrected chi connectivity index (χ0v) is 16.4. The Kier molecular flexibility index (Phi) is 5.46. The van der Waals surface area contributed by atoms with E-state index in [0.717, 1.165) is 12.1 Å². The number of hydrogen-bond donors (Lipinski definition) is 0. The van der Waals surface area contributed by atoms with Crippen molar-refractivity contribution in [2.24, 2.45) is 0 Å². The molecule has 1 radical (unpaired) electrons. The number of hydrogen-bond acceptors (Lipinski definition) is 5. The van der Waals surface area contributed by atoms with E-state index in [1.54, 1.807) is 0 Å². The van der Waals surface area contributed by atoms with Gasteiger partial charge < -0.3 is 4.74 Å². The number of carbonyl (C=O) groups is 3. The Morgan fingerprint density at radius 1 is 1.23 bits per heavy atom. The van der Waals surface area contributed by atoms with Crippen LogP contribution < -0.4 is 4.90 Å². The van der Waals surface area contributed by atoms with Gasteiger partial charge in [-0.2, -0.15) is 18.4 Å². The molecule has 1 unspecified atom stereocenters. The lowest BCUT2D eigenvalue weighted by Gasteiger charge is -2.29. The topological polar surface area (TPSA) is 90.7 Å². The molecule has 0 N–H and O–H groups in total. The van der Waals surface area contributed by atoms with E-state index in [1.165, 1.54) is 44.2 Å². The molecule has 0 spiro atoms. The maximum atomic E-state index is 13.4. The van der Waals surface area contributed by atoms with Crippen molar-refractivity contribution in [1.29, 1.82) is 5.26 Å². The molecule has 0 bridgehead atoms. The molecule has 1 aliphatic rings. The van der Waals surface area contributed by atoms with Crippen molar-refractivity contribution in [3.8, 4) is 6.07 Å². The highest BCUT2D eigenvalue weighted by molar-refractivity contribution is 6.26. The minimum Gasteiger partial charge on any atom is -0.449 e. The van der Waals surface area contributed by atoms with Crippen LogP contribution in [0.4, 0.5) is 28.4 Å². The van der Waals surface area contributed by atoms with E-state index in [0.29, 0.717) is 15.9 Å². The largest absolute Gasteiger partial charge is 0.449 e. The van der Waals surface area contributed by atoms with Gasteiger partial charge in [0.2, 0.25) is 0 Å². The van der Waals surface area contributed by atoms with E-state index >= 15 is 0 Å². The second kappa shape index (κ2) is 7.75. The van der Waals surface area contributed by atoms with E-state index in [2.05, 4.69) is 6.07 Å². The molecule has 0 aliphatic carbocycles. The zero-order valence-electron chi connectivity index (χ0n) is 16.4. The lowest BCUT2D eigenvalue weighted by atomic mass is 9.90. The SMILES string of the molecule is CCOC(=O)N1C(=O)N(c2ccc(C#N)c(C(F)(F)F)c2)C(=O)C1(C)c1cc[c]cc1. The number of benzene rings is 2. The third-order valence-electron chi connectivity index (χ3n) is 4.87. The zero-order chi connectivity index (χ0) is 23.0. The highest BCUT2D eigenvalue weighted by atomic mass is 19.4. The second-order valence-electron chi connectivity index (χ2n) is 6.66. The number of imide groups is 2. The average Bonchev–Trinajstić information content (AvgIpc) is 2.94. The number of halogens is 3. The van der Waals surface area contributed by atoms with Crippen molar-refractivity contribution in [1.82, 2.24) is 4.90 Å². The third-order valence-corrected chi connectivity index (χ3v) is 4.87. The van der Waals surface area contributed by atoms with Gasteiger partial charge in [0.25, 0.3) is 5.91 Å². The van der Waals surface area contributed by atoms with Crippen LogP contribution >= 0.6 is 0 Å². The number of amides is 4. The van der Waals surface area contributed by atoms with Gasteiger partial charge in [-0.15, -0.1) is 0 Å². The second-order valence-corrected chi connectivity index (χ2v) is 6.66. The van der Waals surface area contributed by atoms with Crippen LogP contribution in [0.15, 0.2) is 42.5 Å². The van der Waals surface area contributed by atoms with Crippen molar-refractivity contribution in [3.63, 3.8) is 0 Å². The van der Waals surface area contributed by atoms with Crippen LogP contribution in [-0.4, -0.2) is 29.5 Å². The van der Waals surface area contributed by atoms with Crippen LogP contribution in [0.25, 0.3) is 0 Å². The fourth-order valence-electron chi connectivity index (χ4n) is 3.34. The minimum absolute atomic E-state index is 0.0927. The number of nitriles is 1. The maximum Gasteiger partial charge on any atom is 0.419 e. The van der Waals surface area contributed by atoms with Crippen molar-refractivity contribution in [2.45, 2.75) is 25.6 Å². The number of carbonyl (C=O) groups excluding carboxylic acids is 3. The lowest BCUT2D eigenvalue weighted by Crippen LogP contribution is -2.48. The van der Waals surface area contributed by atoms with Gasteiger partial charge in [-0.25, -0.2) is 19.4 Å². The van der Waals surface area contributed by atoms with Crippen LogP contribution in [0, 0.1) is 17.4 Å². The monoisotopic (exact) mass is 430 g/mol. The number of nitrogens with zero attached hydrogens (tertiary/aromatic N) is 3. The van der Waals surface area contributed by atoms with E-state index in [-0.39, 0.29) is 12.2 Å². The summed E-state index contributed by atoms with van der Waals surface area (Å²) in [6.45, 7) is 2.71. The van der Waals surface area contributed by atoms with Gasteiger partial charge in [-0.1, -0.05) is 24.3 Å². The number of urea groups is 1. The molecule has 31 heavy (non-hydrogen) atoms. The molecule has 1 heterocycles. The predicted octanol–water partition coefficient (Wildman–Crippen LogP) is 4.22. The normalized spacial score (nSPS) is 18.8. The Morgan fingerprint density at radius 2 is 1.87 bits per heavy atom. The molecule has 0 saturated carbocycles. The summed E-state index contributed by atoms with van der Waals surface area (Å²) in [6.07, 6.45) is -6.02. The molecular weight excluding hydrogens is 415 g/mol. The van der Waals surface area contributed by atoms with E-state index < -0.39 is 46.6 Å². The smallest absolute Gasteiger partial charge is 0.419 e. The Balaban J connectivity index is 2.20. The number of rotatable bonds is 3. The summed E-state index contributed by atoms with van der Waals surface area (Å²) in [4.78, 5) is 40.1. The Labute approximate surface area is 175 Å². The van der Waals surface area contributed by atoms with Gasteiger partial charge in [-0.3, -0.25) is 4.79 Å². The molecule has 10 heteroatoms. The van der Waals surface area contributed by atoms with Gasteiger partial charge in [0.1, 0.15) is 0 Å². The summed E-state index contributed by atoms with van der Waals surface area (Å²) >= 11 is 0. The first-order chi connectivity index (χ1) is 14.6. The molecule has 2 aromatic rings. The van der Waals surface area contributed by atoms with Crippen molar-refractivity contribution in [2.75, 3.05) is 11.5 Å². The highest BCUT2D eigenvalue weighted by Crippen LogP contribution is 2.42. The van der Waals surface area contributed by atoms with Gasteiger partial charge >= 0.3 is 18.3 Å². The van der Waals surface area contributed by atoms with E-state index in [4.69, 9.17) is 10.00 Å². The number of ether oxygens (including phenoxy) is 1. The summed E-state index contributed by atoms with van der Waals surface area (Å²) in [5.41, 5.74) is -4.03. The third kappa shape index (κ3) is 3.48. The lowest BCUT2D eigenvalue weighted by molar-refractivity contribution is -0.137. The molecule has 4 amide bonds. The quantitative estimate of drug-likeness (QED) is 0.680. The Hall–Kier alpha value is -3.87. The molecule has 1 aliphatic heterocycles. The molecule has 7 nitrogen and oxygen atoms in total. The Morgan fingerprint density at radius 3 is 2.42 bits per heavy atom. The summed E-state index contributed by atoms with van der Waals surface area (Å²) < 4.78 is 45.1. The first-order valence-corrected chi connectivity index (χ1v) is 9.00. The first kappa shape index (κ1) is 21.8. The van der Waals surface area contributed by atoms with Crippen LogP contribution in [0.1, 0.15) is 30.5 Å². The summed E-state index contributed by atoms with van der Waals surface area (Å²) in [5, 5.41) is 8.98. The predicted molar refractivity (Wildman–Crippen MR) is 101 cm³/mol. The maximum absolute atomic E-state index is 13.4. The average molecular weight is 430 g/mol. The van der Waals surface area contributed by atoms with E-state index in [1.807, 2.05) is 0 Å². The molecular formula is C21H15F3N3O4. The van der Waals surface area contributed by atoms with Crippen LogP contribution in [-0.2, 0) is 21.2 Å². The highest BCUT2D eigenvalue weighted by Gasteiger charge is 2.59. The fraction of sp³-hybridized carbons (Fsp3) is 0.238. The molecule has 1 fully saturated rings.